The molecule has 0 saturated heterocycles. The molecule has 5 heteroatoms. The fourth-order valence-electron chi connectivity index (χ4n) is 1.67. The van der Waals surface area contributed by atoms with Gasteiger partial charge in [0.2, 0.25) is 5.89 Å². The third kappa shape index (κ3) is 2.55. The maximum absolute atomic E-state index is 5.73. The van der Waals surface area contributed by atoms with Crippen LogP contribution in [-0.4, -0.2) is 21.3 Å². The van der Waals surface area contributed by atoms with E-state index in [1.54, 1.807) is 17.1 Å². The molecule has 0 fully saturated rings. The molecule has 0 aromatic carbocycles. The molecule has 0 bridgehead atoms. The van der Waals surface area contributed by atoms with E-state index in [0.717, 1.165) is 30.3 Å². The van der Waals surface area contributed by atoms with Crippen LogP contribution in [0.2, 0.25) is 0 Å². The summed E-state index contributed by atoms with van der Waals surface area (Å²) < 4.78 is 7.51. The largest absolute Gasteiger partial charge is 0.437 e. The van der Waals surface area contributed by atoms with Gasteiger partial charge < -0.3 is 9.73 Å². The van der Waals surface area contributed by atoms with E-state index >= 15 is 0 Å². The Bertz CT molecular complexity index is 474. The summed E-state index contributed by atoms with van der Waals surface area (Å²) in [7, 11) is 1.89. The van der Waals surface area contributed by atoms with Gasteiger partial charge in [-0.3, -0.25) is 4.68 Å². The lowest BCUT2D eigenvalue weighted by Gasteiger charge is -2.08. The molecule has 1 unspecified atom stereocenters. The predicted octanol–water partition coefficient (Wildman–Crippen LogP) is 2.14. The van der Waals surface area contributed by atoms with Crippen molar-refractivity contribution in [2.45, 2.75) is 26.3 Å². The third-order valence-electron chi connectivity index (χ3n) is 2.67. The SMILES string of the molecule is CCCNC(C)c1ncc(-c2ccnn2C)o1. The Morgan fingerprint density at radius 1 is 1.53 bits per heavy atom. The molecule has 92 valence electrons. The molecule has 17 heavy (non-hydrogen) atoms. The van der Waals surface area contributed by atoms with Crippen LogP contribution in [-0.2, 0) is 7.05 Å². The standard InChI is InChI=1S/C12H18N4O/c1-4-6-13-9(2)12-14-8-11(17-12)10-5-7-15-16(10)3/h5,7-9,13H,4,6H2,1-3H3. The summed E-state index contributed by atoms with van der Waals surface area (Å²) in [6.45, 7) is 5.15. The highest BCUT2D eigenvalue weighted by molar-refractivity contribution is 5.50. The highest BCUT2D eigenvalue weighted by atomic mass is 16.4. The van der Waals surface area contributed by atoms with Crippen molar-refractivity contribution in [3.05, 3.63) is 24.4 Å². The lowest BCUT2D eigenvalue weighted by Crippen LogP contribution is -2.19. The van der Waals surface area contributed by atoms with Crippen LogP contribution >= 0.6 is 0 Å². The lowest BCUT2D eigenvalue weighted by atomic mass is 10.3. The molecule has 1 N–H and O–H groups in total. The van der Waals surface area contributed by atoms with Crippen LogP contribution < -0.4 is 5.32 Å². The number of nitrogens with one attached hydrogen (secondary N) is 1. The summed E-state index contributed by atoms with van der Waals surface area (Å²) in [5.74, 6) is 1.47. The molecule has 2 aromatic rings. The summed E-state index contributed by atoms with van der Waals surface area (Å²) in [6, 6.07) is 2.05. The van der Waals surface area contributed by atoms with Gasteiger partial charge in [-0.2, -0.15) is 5.10 Å². The van der Waals surface area contributed by atoms with Gasteiger partial charge in [-0.05, 0) is 26.0 Å². The summed E-state index contributed by atoms with van der Waals surface area (Å²) in [4.78, 5) is 4.30. The van der Waals surface area contributed by atoms with Crippen molar-refractivity contribution >= 4 is 0 Å². The number of hydrogen-bond acceptors (Lipinski definition) is 4. The Morgan fingerprint density at radius 3 is 3.00 bits per heavy atom. The van der Waals surface area contributed by atoms with E-state index in [1.165, 1.54) is 0 Å². The topological polar surface area (TPSA) is 55.9 Å². The average Bonchev–Trinajstić information content (AvgIpc) is 2.93. The van der Waals surface area contributed by atoms with Crippen molar-refractivity contribution < 1.29 is 4.42 Å². The van der Waals surface area contributed by atoms with E-state index in [-0.39, 0.29) is 6.04 Å². The number of oxazole rings is 1. The van der Waals surface area contributed by atoms with E-state index in [4.69, 9.17) is 4.42 Å². The van der Waals surface area contributed by atoms with Crippen molar-refractivity contribution in [2.24, 2.45) is 7.05 Å². The molecule has 2 aromatic heterocycles. The third-order valence-corrected chi connectivity index (χ3v) is 2.67. The zero-order chi connectivity index (χ0) is 12.3. The smallest absolute Gasteiger partial charge is 0.211 e. The van der Waals surface area contributed by atoms with Gasteiger partial charge in [-0.15, -0.1) is 0 Å². The molecule has 0 spiro atoms. The van der Waals surface area contributed by atoms with E-state index in [1.807, 2.05) is 13.1 Å². The normalized spacial score (nSPS) is 12.9. The molecule has 2 rings (SSSR count). The molecular formula is C12H18N4O. The summed E-state index contributed by atoms with van der Waals surface area (Å²) in [6.07, 6.45) is 4.59. The van der Waals surface area contributed by atoms with Crippen molar-refractivity contribution in [3.8, 4) is 11.5 Å². The second kappa shape index (κ2) is 5.14. The average molecular weight is 234 g/mol. The molecule has 5 nitrogen and oxygen atoms in total. The Morgan fingerprint density at radius 2 is 2.35 bits per heavy atom. The van der Waals surface area contributed by atoms with Crippen LogP contribution in [0.5, 0.6) is 0 Å². The minimum absolute atomic E-state index is 0.136. The van der Waals surface area contributed by atoms with Crippen molar-refractivity contribution in [1.29, 1.82) is 0 Å². The molecule has 1 atom stereocenters. The zero-order valence-electron chi connectivity index (χ0n) is 10.5. The first-order chi connectivity index (χ1) is 8.22. The Labute approximate surface area is 101 Å². The first-order valence-corrected chi connectivity index (χ1v) is 5.90. The van der Waals surface area contributed by atoms with Crippen LogP contribution in [0.1, 0.15) is 32.2 Å². The highest BCUT2D eigenvalue weighted by Crippen LogP contribution is 2.22. The molecule has 0 radical (unpaired) electrons. The molecular weight excluding hydrogens is 216 g/mol. The maximum Gasteiger partial charge on any atom is 0.211 e. The van der Waals surface area contributed by atoms with Crippen LogP contribution in [0.4, 0.5) is 0 Å². The summed E-state index contributed by atoms with van der Waals surface area (Å²) in [5, 5.41) is 7.45. The van der Waals surface area contributed by atoms with E-state index in [0.29, 0.717) is 0 Å². The van der Waals surface area contributed by atoms with Gasteiger partial charge in [0, 0.05) is 13.2 Å². The van der Waals surface area contributed by atoms with Crippen LogP contribution in [0, 0.1) is 0 Å². The minimum atomic E-state index is 0.136. The van der Waals surface area contributed by atoms with Crippen LogP contribution in [0.3, 0.4) is 0 Å². The van der Waals surface area contributed by atoms with Gasteiger partial charge >= 0.3 is 0 Å². The van der Waals surface area contributed by atoms with E-state index < -0.39 is 0 Å². The maximum atomic E-state index is 5.73. The predicted molar refractivity (Wildman–Crippen MR) is 65.4 cm³/mol. The lowest BCUT2D eigenvalue weighted by molar-refractivity contribution is 0.421. The van der Waals surface area contributed by atoms with Crippen molar-refractivity contribution in [1.82, 2.24) is 20.1 Å². The first-order valence-electron chi connectivity index (χ1n) is 5.90. The fraction of sp³-hybridized carbons (Fsp3) is 0.500. The Balaban J connectivity index is 2.13. The highest BCUT2D eigenvalue weighted by Gasteiger charge is 2.13. The van der Waals surface area contributed by atoms with Gasteiger partial charge in [-0.1, -0.05) is 6.92 Å². The van der Waals surface area contributed by atoms with Gasteiger partial charge in [0.1, 0.15) is 5.69 Å². The van der Waals surface area contributed by atoms with Crippen LogP contribution in [0.15, 0.2) is 22.9 Å². The summed E-state index contributed by atoms with van der Waals surface area (Å²) in [5.41, 5.74) is 0.937. The molecule has 0 aliphatic rings. The van der Waals surface area contributed by atoms with Crippen molar-refractivity contribution in [2.75, 3.05) is 6.54 Å². The number of rotatable bonds is 5. The Kier molecular flexibility index (Phi) is 3.58. The second-order valence-electron chi connectivity index (χ2n) is 4.08. The fourth-order valence-corrected chi connectivity index (χ4v) is 1.67. The van der Waals surface area contributed by atoms with Gasteiger partial charge in [0.15, 0.2) is 5.76 Å². The second-order valence-corrected chi connectivity index (χ2v) is 4.08. The zero-order valence-corrected chi connectivity index (χ0v) is 10.5. The summed E-state index contributed by atoms with van der Waals surface area (Å²) >= 11 is 0. The number of nitrogens with zero attached hydrogens (tertiary/aromatic N) is 3. The molecule has 0 saturated carbocycles. The molecule has 0 aliphatic heterocycles. The molecule has 2 heterocycles. The number of hydrogen-bond donors (Lipinski definition) is 1. The van der Waals surface area contributed by atoms with Gasteiger partial charge in [0.25, 0.3) is 0 Å². The van der Waals surface area contributed by atoms with Crippen LogP contribution in [0.25, 0.3) is 11.5 Å². The quantitative estimate of drug-likeness (QED) is 0.861. The Hall–Kier alpha value is -1.62. The van der Waals surface area contributed by atoms with Gasteiger partial charge in [0.05, 0.1) is 12.2 Å². The first kappa shape index (κ1) is 11.9. The number of aryl methyl sites for hydroxylation is 1. The number of aromatic nitrogens is 3. The minimum Gasteiger partial charge on any atom is -0.437 e. The van der Waals surface area contributed by atoms with E-state index in [2.05, 4.69) is 29.2 Å². The molecule has 0 aliphatic carbocycles. The van der Waals surface area contributed by atoms with Gasteiger partial charge in [-0.25, -0.2) is 4.98 Å². The van der Waals surface area contributed by atoms with E-state index in [9.17, 15) is 0 Å². The molecule has 0 amide bonds. The van der Waals surface area contributed by atoms with Crippen molar-refractivity contribution in [3.63, 3.8) is 0 Å². The monoisotopic (exact) mass is 234 g/mol.